The summed E-state index contributed by atoms with van der Waals surface area (Å²) in [6.45, 7) is 1.08. The predicted molar refractivity (Wildman–Crippen MR) is 70.9 cm³/mol. The largest absolute Gasteiger partial charge is 0.395 e. The Kier molecular flexibility index (Phi) is 4.76. The SMILES string of the molecule is O=C(C1CCCC1)N(CCO)Cc1ccccc1. The van der Waals surface area contributed by atoms with E-state index < -0.39 is 0 Å². The van der Waals surface area contributed by atoms with Gasteiger partial charge in [0, 0.05) is 19.0 Å². The van der Waals surface area contributed by atoms with Crippen molar-refractivity contribution in [3.05, 3.63) is 35.9 Å². The summed E-state index contributed by atoms with van der Waals surface area (Å²) in [6, 6.07) is 9.97. The van der Waals surface area contributed by atoms with Crippen LogP contribution in [0, 0.1) is 5.92 Å². The summed E-state index contributed by atoms with van der Waals surface area (Å²) in [5, 5.41) is 9.11. The van der Waals surface area contributed by atoms with E-state index in [9.17, 15) is 4.79 Å². The number of aliphatic hydroxyl groups is 1. The minimum atomic E-state index is 0.0330. The molecule has 0 spiro atoms. The highest BCUT2D eigenvalue weighted by atomic mass is 16.3. The maximum atomic E-state index is 12.4. The molecule has 1 aromatic rings. The van der Waals surface area contributed by atoms with Gasteiger partial charge in [0.15, 0.2) is 0 Å². The van der Waals surface area contributed by atoms with Gasteiger partial charge in [-0.1, -0.05) is 43.2 Å². The lowest BCUT2D eigenvalue weighted by Gasteiger charge is -2.25. The van der Waals surface area contributed by atoms with Crippen molar-refractivity contribution < 1.29 is 9.90 Å². The lowest BCUT2D eigenvalue weighted by atomic mass is 10.1. The van der Waals surface area contributed by atoms with Crippen molar-refractivity contribution in [3.8, 4) is 0 Å². The Morgan fingerprint density at radius 1 is 1.22 bits per heavy atom. The van der Waals surface area contributed by atoms with Crippen molar-refractivity contribution in [1.29, 1.82) is 0 Å². The Morgan fingerprint density at radius 2 is 1.89 bits per heavy atom. The Balaban J connectivity index is 2.00. The van der Waals surface area contributed by atoms with E-state index in [0.29, 0.717) is 13.1 Å². The fourth-order valence-electron chi connectivity index (χ4n) is 2.62. The van der Waals surface area contributed by atoms with Crippen LogP contribution in [0.2, 0.25) is 0 Å². The number of rotatable bonds is 5. The van der Waals surface area contributed by atoms with Crippen molar-refractivity contribution in [2.45, 2.75) is 32.2 Å². The van der Waals surface area contributed by atoms with E-state index in [1.807, 2.05) is 30.3 Å². The average molecular weight is 247 g/mol. The van der Waals surface area contributed by atoms with Crippen LogP contribution in [0.4, 0.5) is 0 Å². The van der Waals surface area contributed by atoms with Crippen molar-refractivity contribution in [1.82, 2.24) is 4.90 Å². The first-order valence-electron chi connectivity index (χ1n) is 6.75. The summed E-state index contributed by atoms with van der Waals surface area (Å²) in [4.78, 5) is 14.2. The van der Waals surface area contributed by atoms with Crippen LogP contribution in [0.3, 0.4) is 0 Å². The van der Waals surface area contributed by atoms with Crippen LogP contribution in [0.1, 0.15) is 31.2 Å². The van der Waals surface area contributed by atoms with E-state index in [1.54, 1.807) is 4.90 Å². The summed E-state index contributed by atoms with van der Waals surface area (Å²) in [6.07, 6.45) is 4.34. The lowest BCUT2D eigenvalue weighted by molar-refractivity contribution is -0.136. The Hall–Kier alpha value is -1.35. The summed E-state index contributed by atoms with van der Waals surface area (Å²) in [5.41, 5.74) is 1.12. The van der Waals surface area contributed by atoms with E-state index in [2.05, 4.69) is 0 Å². The zero-order valence-electron chi connectivity index (χ0n) is 10.7. The molecule has 3 heteroatoms. The topological polar surface area (TPSA) is 40.5 Å². The highest BCUT2D eigenvalue weighted by molar-refractivity contribution is 5.79. The second kappa shape index (κ2) is 6.55. The van der Waals surface area contributed by atoms with Gasteiger partial charge in [0.05, 0.1) is 6.61 Å². The van der Waals surface area contributed by atoms with Crippen LogP contribution < -0.4 is 0 Å². The monoisotopic (exact) mass is 247 g/mol. The number of hydrogen-bond acceptors (Lipinski definition) is 2. The quantitative estimate of drug-likeness (QED) is 0.866. The molecule has 0 aromatic heterocycles. The number of carbonyl (C=O) groups is 1. The molecule has 1 aliphatic rings. The molecule has 98 valence electrons. The third-order valence-electron chi connectivity index (χ3n) is 3.60. The van der Waals surface area contributed by atoms with Gasteiger partial charge in [-0.15, -0.1) is 0 Å². The molecule has 0 saturated heterocycles. The van der Waals surface area contributed by atoms with E-state index in [-0.39, 0.29) is 18.4 Å². The Labute approximate surface area is 108 Å². The van der Waals surface area contributed by atoms with Gasteiger partial charge in [-0.2, -0.15) is 0 Å². The molecule has 0 bridgehead atoms. The molecule has 1 amide bonds. The number of carbonyl (C=O) groups excluding carboxylic acids is 1. The molecule has 0 unspecified atom stereocenters. The molecular weight excluding hydrogens is 226 g/mol. The van der Waals surface area contributed by atoms with E-state index >= 15 is 0 Å². The number of nitrogens with zero attached hydrogens (tertiary/aromatic N) is 1. The van der Waals surface area contributed by atoms with Crippen LogP contribution in [-0.2, 0) is 11.3 Å². The lowest BCUT2D eigenvalue weighted by Crippen LogP contribution is -2.36. The summed E-state index contributed by atoms with van der Waals surface area (Å²) < 4.78 is 0. The summed E-state index contributed by atoms with van der Waals surface area (Å²) in [5.74, 6) is 0.394. The highest BCUT2D eigenvalue weighted by Gasteiger charge is 2.26. The molecule has 2 rings (SSSR count). The van der Waals surface area contributed by atoms with Crippen molar-refractivity contribution in [3.63, 3.8) is 0 Å². The van der Waals surface area contributed by atoms with Crippen LogP contribution in [0.15, 0.2) is 30.3 Å². The molecule has 0 radical (unpaired) electrons. The first-order chi connectivity index (χ1) is 8.81. The van der Waals surface area contributed by atoms with Gasteiger partial charge < -0.3 is 10.0 Å². The highest BCUT2D eigenvalue weighted by Crippen LogP contribution is 2.27. The molecule has 18 heavy (non-hydrogen) atoms. The molecule has 0 aliphatic heterocycles. The van der Waals surface area contributed by atoms with Gasteiger partial charge in [0.25, 0.3) is 0 Å². The number of hydrogen-bond donors (Lipinski definition) is 1. The van der Waals surface area contributed by atoms with Crippen LogP contribution >= 0.6 is 0 Å². The summed E-state index contributed by atoms with van der Waals surface area (Å²) in [7, 11) is 0. The zero-order chi connectivity index (χ0) is 12.8. The fraction of sp³-hybridized carbons (Fsp3) is 0.533. The minimum Gasteiger partial charge on any atom is -0.395 e. The van der Waals surface area contributed by atoms with E-state index in [1.165, 1.54) is 0 Å². The normalized spacial score (nSPS) is 15.8. The Bertz CT molecular complexity index is 371. The molecule has 1 saturated carbocycles. The standard InChI is InChI=1S/C15H21NO2/c17-11-10-16(12-13-6-2-1-3-7-13)15(18)14-8-4-5-9-14/h1-3,6-7,14,17H,4-5,8-12H2. The molecule has 0 atom stereocenters. The molecular formula is C15H21NO2. The van der Waals surface area contributed by atoms with Gasteiger partial charge in [0.1, 0.15) is 0 Å². The van der Waals surface area contributed by atoms with Crippen molar-refractivity contribution in [2.75, 3.05) is 13.2 Å². The molecule has 1 aromatic carbocycles. The average Bonchev–Trinajstić information content (AvgIpc) is 2.92. The smallest absolute Gasteiger partial charge is 0.226 e. The first kappa shape index (κ1) is 13.1. The molecule has 1 aliphatic carbocycles. The van der Waals surface area contributed by atoms with Gasteiger partial charge in [0.2, 0.25) is 5.91 Å². The number of amides is 1. The van der Waals surface area contributed by atoms with Crippen LogP contribution in [0.25, 0.3) is 0 Å². The predicted octanol–water partition coefficient (Wildman–Crippen LogP) is 2.20. The van der Waals surface area contributed by atoms with Gasteiger partial charge in [-0.05, 0) is 18.4 Å². The maximum absolute atomic E-state index is 12.4. The van der Waals surface area contributed by atoms with Crippen LogP contribution in [-0.4, -0.2) is 29.1 Å². The molecule has 1 N–H and O–H groups in total. The van der Waals surface area contributed by atoms with Gasteiger partial charge >= 0.3 is 0 Å². The van der Waals surface area contributed by atoms with Crippen LogP contribution in [0.5, 0.6) is 0 Å². The zero-order valence-corrected chi connectivity index (χ0v) is 10.7. The maximum Gasteiger partial charge on any atom is 0.226 e. The molecule has 0 heterocycles. The third kappa shape index (κ3) is 3.33. The molecule has 1 fully saturated rings. The van der Waals surface area contributed by atoms with Gasteiger partial charge in [-0.25, -0.2) is 0 Å². The van der Waals surface area contributed by atoms with Crippen molar-refractivity contribution >= 4 is 5.91 Å². The third-order valence-corrected chi connectivity index (χ3v) is 3.60. The number of aliphatic hydroxyl groups excluding tert-OH is 1. The second-order valence-electron chi connectivity index (χ2n) is 4.95. The van der Waals surface area contributed by atoms with E-state index in [4.69, 9.17) is 5.11 Å². The second-order valence-corrected chi connectivity index (χ2v) is 4.95. The van der Waals surface area contributed by atoms with Gasteiger partial charge in [-0.3, -0.25) is 4.79 Å². The number of benzene rings is 1. The van der Waals surface area contributed by atoms with E-state index in [0.717, 1.165) is 31.2 Å². The summed E-state index contributed by atoms with van der Waals surface area (Å²) >= 11 is 0. The molecule has 3 nitrogen and oxygen atoms in total. The fourth-order valence-corrected chi connectivity index (χ4v) is 2.62. The Morgan fingerprint density at radius 3 is 2.50 bits per heavy atom. The first-order valence-corrected chi connectivity index (χ1v) is 6.75. The van der Waals surface area contributed by atoms with Crippen molar-refractivity contribution in [2.24, 2.45) is 5.92 Å². The minimum absolute atomic E-state index is 0.0330.